The lowest BCUT2D eigenvalue weighted by molar-refractivity contribution is -0.159. The Bertz CT molecular complexity index is 625. The third-order valence-electron chi connectivity index (χ3n) is 4.16. The largest absolute Gasteiger partial charge is 0.480 e. The summed E-state index contributed by atoms with van der Waals surface area (Å²) in [5, 5.41) is 14.5. The lowest BCUT2D eigenvalue weighted by atomic mass is 9.68. The zero-order chi connectivity index (χ0) is 17.0. The van der Waals surface area contributed by atoms with E-state index in [0.717, 1.165) is 6.42 Å². The highest BCUT2D eigenvalue weighted by Crippen LogP contribution is 2.42. The molecule has 1 saturated carbocycles. The fourth-order valence-electron chi connectivity index (χ4n) is 2.34. The maximum atomic E-state index is 12.2. The van der Waals surface area contributed by atoms with Gasteiger partial charge in [-0.25, -0.2) is 0 Å². The zero-order valence-electron chi connectivity index (χ0n) is 13.1. The Hall–Kier alpha value is -2.41. The van der Waals surface area contributed by atoms with E-state index in [-0.39, 0.29) is 5.91 Å². The molecule has 1 unspecified atom stereocenters. The fraction of sp³-hybridized carbons (Fsp3) is 0.438. The van der Waals surface area contributed by atoms with Crippen LogP contribution in [0.15, 0.2) is 24.3 Å². The second-order valence-corrected chi connectivity index (χ2v) is 5.64. The van der Waals surface area contributed by atoms with Crippen molar-refractivity contribution in [3.8, 4) is 0 Å². The number of carbonyl (C=O) groups excluding carboxylic acids is 2. The summed E-state index contributed by atoms with van der Waals surface area (Å²) in [6.45, 7) is 1.62. The number of carbonyl (C=O) groups is 3. The second kappa shape index (κ2) is 6.78. The van der Waals surface area contributed by atoms with Crippen LogP contribution < -0.4 is 10.6 Å². The molecule has 0 aliphatic heterocycles. The summed E-state index contributed by atoms with van der Waals surface area (Å²) in [6.07, 6.45) is 0.815. The summed E-state index contributed by atoms with van der Waals surface area (Å²) in [5.41, 5.74) is -0.399. The first-order chi connectivity index (χ1) is 10.9. The van der Waals surface area contributed by atoms with Gasteiger partial charge in [-0.1, -0.05) is 12.5 Å². The van der Waals surface area contributed by atoms with Crippen molar-refractivity contribution in [2.75, 3.05) is 17.7 Å². The minimum atomic E-state index is -1.33. The van der Waals surface area contributed by atoms with Gasteiger partial charge in [-0.3, -0.25) is 14.4 Å². The predicted octanol–water partition coefficient (Wildman–Crippen LogP) is 1.85. The van der Waals surface area contributed by atoms with Gasteiger partial charge < -0.3 is 20.5 Å². The fourth-order valence-corrected chi connectivity index (χ4v) is 2.34. The summed E-state index contributed by atoms with van der Waals surface area (Å²) < 4.78 is 4.93. The number of nitrogens with one attached hydrogen (secondary N) is 2. The van der Waals surface area contributed by atoms with E-state index in [2.05, 4.69) is 10.6 Å². The number of hydrogen-bond acceptors (Lipinski definition) is 4. The van der Waals surface area contributed by atoms with Crippen LogP contribution in [0.25, 0.3) is 0 Å². The summed E-state index contributed by atoms with van der Waals surface area (Å²) in [4.78, 5) is 35.4. The van der Waals surface area contributed by atoms with Crippen LogP contribution in [0.4, 0.5) is 11.4 Å². The number of benzene rings is 1. The second-order valence-electron chi connectivity index (χ2n) is 5.64. The van der Waals surface area contributed by atoms with Gasteiger partial charge in [0.25, 0.3) is 5.91 Å². The van der Waals surface area contributed by atoms with Crippen LogP contribution in [0.3, 0.4) is 0 Å². The number of carboxylic acid groups (broad SMARTS) is 1. The van der Waals surface area contributed by atoms with E-state index >= 15 is 0 Å². The van der Waals surface area contributed by atoms with Gasteiger partial charge in [0.2, 0.25) is 5.91 Å². The first-order valence-corrected chi connectivity index (χ1v) is 7.37. The van der Waals surface area contributed by atoms with Crippen molar-refractivity contribution in [1.82, 2.24) is 0 Å². The highest BCUT2D eigenvalue weighted by molar-refractivity contribution is 6.09. The van der Waals surface area contributed by atoms with Crippen molar-refractivity contribution >= 4 is 29.2 Å². The van der Waals surface area contributed by atoms with Crippen LogP contribution in [-0.2, 0) is 19.1 Å². The molecule has 3 N–H and O–H groups in total. The molecular weight excluding hydrogens is 300 g/mol. The molecule has 1 atom stereocenters. The maximum absolute atomic E-state index is 12.2. The SMILES string of the molecule is COC(C)C(=O)Nc1cccc(NC(=O)C2(C(=O)O)CCC2)c1. The van der Waals surface area contributed by atoms with E-state index in [0.29, 0.717) is 24.2 Å². The van der Waals surface area contributed by atoms with Gasteiger partial charge in [0.05, 0.1) is 0 Å². The summed E-state index contributed by atoms with van der Waals surface area (Å²) in [7, 11) is 1.44. The third-order valence-corrected chi connectivity index (χ3v) is 4.16. The number of carboxylic acids is 1. The van der Waals surface area contributed by atoms with Crippen molar-refractivity contribution in [2.24, 2.45) is 5.41 Å². The number of aliphatic carboxylic acids is 1. The van der Waals surface area contributed by atoms with Crippen molar-refractivity contribution in [3.05, 3.63) is 24.3 Å². The minimum absolute atomic E-state index is 0.308. The van der Waals surface area contributed by atoms with E-state index in [4.69, 9.17) is 4.74 Å². The number of ether oxygens (including phenoxy) is 1. The molecule has 0 aromatic heterocycles. The molecule has 0 heterocycles. The summed E-state index contributed by atoms with van der Waals surface area (Å²) >= 11 is 0. The molecule has 7 nitrogen and oxygen atoms in total. The monoisotopic (exact) mass is 320 g/mol. The molecule has 1 aromatic carbocycles. The minimum Gasteiger partial charge on any atom is -0.480 e. The number of methoxy groups -OCH3 is 1. The molecule has 23 heavy (non-hydrogen) atoms. The molecular formula is C16H20N2O5. The van der Waals surface area contributed by atoms with Crippen LogP contribution in [0, 0.1) is 5.41 Å². The molecule has 2 rings (SSSR count). The first kappa shape index (κ1) is 17.0. The Morgan fingerprint density at radius 2 is 1.83 bits per heavy atom. The van der Waals surface area contributed by atoms with Crippen molar-refractivity contribution < 1.29 is 24.2 Å². The van der Waals surface area contributed by atoms with Crippen LogP contribution >= 0.6 is 0 Å². The van der Waals surface area contributed by atoms with Crippen molar-refractivity contribution in [1.29, 1.82) is 0 Å². The Kier molecular flexibility index (Phi) is 5.00. The standard InChI is InChI=1S/C16H20N2O5/c1-10(23-2)13(19)17-11-5-3-6-12(9-11)18-14(20)16(15(21)22)7-4-8-16/h3,5-6,9-10H,4,7-8H2,1-2H3,(H,17,19)(H,18,20)(H,21,22). The molecule has 0 bridgehead atoms. The van der Waals surface area contributed by atoms with E-state index in [9.17, 15) is 19.5 Å². The van der Waals surface area contributed by atoms with Gasteiger partial charge in [0.15, 0.2) is 0 Å². The lowest BCUT2D eigenvalue weighted by Gasteiger charge is -2.35. The van der Waals surface area contributed by atoms with Crippen LogP contribution in [0.1, 0.15) is 26.2 Å². The molecule has 1 aliphatic carbocycles. The van der Waals surface area contributed by atoms with Gasteiger partial charge in [-0.05, 0) is 38.0 Å². The van der Waals surface area contributed by atoms with E-state index in [1.807, 2.05) is 0 Å². The van der Waals surface area contributed by atoms with Gasteiger partial charge in [0, 0.05) is 18.5 Å². The number of amides is 2. The van der Waals surface area contributed by atoms with Crippen LogP contribution in [0.2, 0.25) is 0 Å². The van der Waals surface area contributed by atoms with E-state index in [1.165, 1.54) is 7.11 Å². The normalized spacial score (nSPS) is 16.8. The van der Waals surface area contributed by atoms with Crippen molar-refractivity contribution in [2.45, 2.75) is 32.3 Å². The van der Waals surface area contributed by atoms with Gasteiger partial charge in [0.1, 0.15) is 11.5 Å². The molecule has 124 valence electrons. The molecule has 1 aromatic rings. The molecule has 2 amide bonds. The smallest absolute Gasteiger partial charge is 0.319 e. The number of rotatable bonds is 6. The lowest BCUT2D eigenvalue weighted by Crippen LogP contribution is -2.48. The molecule has 1 fully saturated rings. The number of anilines is 2. The van der Waals surface area contributed by atoms with Gasteiger partial charge in [-0.15, -0.1) is 0 Å². The van der Waals surface area contributed by atoms with E-state index < -0.39 is 23.4 Å². The average Bonchev–Trinajstić information content (AvgIpc) is 2.44. The first-order valence-electron chi connectivity index (χ1n) is 7.37. The Balaban J connectivity index is 2.07. The van der Waals surface area contributed by atoms with Crippen LogP contribution in [0.5, 0.6) is 0 Å². The topological polar surface area (TPSA) is 105 Å². The van der Waals surface area contributed by atoms with Crippen molar-refractivity contribution in [3.63, 3.8) is 0 Å². The van der Waals surface area contributed by atoms with E-state index in [1.54, 1.807) is 31.2 Å². The highest BCUT2D eigenvalue weighted by Gasteiger charge is 2.51. The molecule has 0 spiro atoms. The Morgan fingerprint density at radius 3 is 2.30 bits per heavy atom. The zero-order valence-corrected chi connectivity index (χ0v) is 13.1. The third kappa shape index (κ3) is 3.50. The summed E-state index contributed by atoms with van der Waals surface area (Å²) in [6, 6.07) is 6.55. The molecule has 0 radical (unpaired) electrons. The quantitative estimate of drug-likeness (QED) is 0.694. The average molecular weight is 320 g/mol. The maximum Gasteiger partial charge on any atom is 0.319 e. The molecule has 1 aliphatic rings. The van der Waals surface area contributed by atoms with Crippen LogP contribution in [-0.4, -0.2) is 36.1 Å². The number of hydrogen-bond donors (Lipinski definition) is 3. The van der Waals surface area contributed by atoms with Gasteiger partial charge >= 0.3 is 5.97 Å². The highest BCUT2D eigenvalue weighted by atomic mass is 16.5. The van der Waals surface area contributed by atoms with Gasteiger partial charge in [-0.2, -0.15) is 0 Å². The summed E-state index contributed by atoms with van der Waals surface area (Å²) in [5.74, 6) is -1.93. The predicted molar refractivity (Wildman–Crippen MR) is 84.1 cm³/mol. The molecule has 0 saturated heterocycles. The molecule has 7 heteroatoms. The Morgan fingerprint density at radius 1 is 1.22 bits per heavy atom. The Labute approximate surface area is 134 Å².